The molecule has 5 atom stereocenters. The first kappa shape index (κ1) is 30.6. The number of rotatable bonds is 9. The fourth-order valence-electron chi connectivity index (χ4n) is 7.44. The zero-order chi connectivity index (χ0) is 32.9. The number of benzene rings is 4. The van der Waals surface area contributed by atoms with Crippen molar-refractivity contribution in [2.45, 2.75) is 30.6 Å². The van der Waals surface area contributed by atoms with E-state index < -0.39 is 28.5 Å². The molecule has 9 nitrogen and oxygen atoms in total. The Hall–Kier alpha value is -5.09. The second-order valence-corrected chi connectivity index (χ2v) is 13.9. The van der Waals surface area contributed by atoms with E-state index in [0.717, 1.165) is 18.4 Å². The van der Waals surface area contributed by atoms with Crippen LogP contribution in [-0.2, 0) is 24.4 Å². The van der Waals surface area contributed by atoms with Gasteiger partial charge >= 0.3 is 16.1 Å². The Labute approximate surface area is 272 Å². The number of aryl methyl sites for hydroxylation is 1. The highest BCUT2D eigenvalue weighted by atomic mass is 32.2. The zero-order valence-corrected chi connectivity index (χ0v) is 26.3. The number of ketones is 1. The molecule has 0 unspecified atom stereocenters. The fourth-order valence-corrected chi connectivity index (χ4v) is 8.37. The van der Waals surface area contributed by atoms with Crippen LogP contribution >= 0.6 is 0 Å². The van der Waals surface area contributed by atoms with Gasteiger partial charge in [0.25, 0.3) is 0 Å². The number of fused-ring (bicyclic) bond motifs is 5. The molecule has 1 saturated heterocycles. The summed E-state index contributed by atoms with van der Waals surface area (Å²) in [5.74, 6) is -1.95. The first-order valence-corrected chi connectivity index (χ1v) is 16.9. The third-order valence-corrected chi connectivity index (χ3v) is 10.9. The molecular weight excluding hydrogens is 618 g/mol. The molecule has 0 N–H and O–H groups in total. The highest BCUT2D eigenvalue weighted by Crippen LogP contribution is 2.61. The molecule has 238 valence electrons. The average molecular weight is 650 g/mol. The third kappa shape index (κ3) is 5.63. The van der Waals surface area contributed by atoms with Gasteiger partial charge in [0.1, 0.15) is 10.6 Å². The Balaban J connectivity index is 0.985. The maximum Gasteiger partial charge on any atom is 0.339 e. The van der Waals surface area contributed by atoms with Gasteiger partial charge < -0.3 is 8.92 Å². The van der Waals surface area contributed by atoms with Crippen molar-refractivity contribution in [1.29, 1.82) is 0 Å². The average Bonchev–Trinajstić information content (AvgIpc) is 3.75. The number of carbonyl (C=O) groups is 4. The lowest BCUT2D eigenvalue weighted by molar-refractivity contribution is -0.123. The maximum atomic E-state index is 13.7. The predicted molar refractivity (Wildman–Crippen MR) is 171 cm³/mol. The van der Waals surface area contributed by atoms with E-state index in [1.165, 1.54) is 59.0 Å². The van der Waals surface area contributed by atoms with E-state index >= 15 is 0 Å². The van der Waals surface area contributed by atoms with E-state index in [1.54, 1.807) is 24.3 Å². The largest absolute Gasteiger partial charge is 0.454 e. The Morgan fingerprint density at radius 1 is 0.787 bits per heavy atom. The lowest BCUT2D eigenvalue weighted by Gasteiger charge is -2.28. The fraction of sp³-hybridized carbons (Fsp3) is 0.243. The van der Waals surface area contributed by atoms with Crippen molar-refractivity contribution in [3.8, 4) is 5.75 Å². The Bertz CT molecular complexity index is 1990. The molecule has 2 aliphatic carbocycles. The van der Waals surface area contributed by atoms with Gasteiger partial charge in [-0.1, -0.05) is 54.1 Å². The molecule has 2 saturated carbocycles. The molecule has 1 heterocycles. The molecule has 0 spiro atoms. The van der Waals surface area contributed by atoms with Crippen molar-refractivity contribution in [2.75, 3.05) is 11.5 Å². The van der Waals surface area contributed by atoms with Crippen LogP contribution in [0.15, 0.2) is 108 Å². The van der Waals surface area contributed by atoms with Gasteiger partial charge in [-0.15, -0.1) is 0 Å². The molecule has 10 heteroatoms. The van der Waals surface area contributed by atoms with Crippen molar-refractivity contribution in [1.82, 2.24) is 0 Å². The SMILES string of the molecule is Cc1ccc(S(=O)(=O)Oc2ccc(C(=O)COC(=O)c3cccc(N4C(=O)[C@@H]5[C@@H]6C[C@@H]([C@H]5C4=O)[C@@H](c4ccccc4)C6)c3)cc2)cc1. The molecule has 3 aliphatic rings. The minimum absolute atomic E-state index is 0.00404. The molecular formula is C37H31NO8S. The second kappa shape index (κ2) is 11.9. The molecule has 0 aromatic heterocycles. The molecule has 1 aliphatic heterocycles. The van der Waals surface area contributed by atoms with Crippen LogP contribution in [0, 0.1) is 30.6 Å². The van der Waals surface area contributed by atoms with E-state index in [9.17, 15) is 27.6 Å². The minimum atomic E-state index is -4.05. The summed E-state index contributed by atoms with van der Waals surface area (Å²) >= 11 is 0. The standard InChI is InChI=1S/C37H31NO8S/c1-22-10-16-29(17-11-22)47(43,44)46-28-14-12-24(13-15-28)32(39)21-45-37(42)25-8-5-9-27(18-25)38-35(40)33-26-19-30(23-6-3-2-4-7-23)31(20-26)34(33)36(38)41/h2-18,26,30-31,33-34H,19-21H2,1H3/t26-,30+,31+,33+,34+/m0/s1. The number of hydrogen-bond acceptors (Lipinski definition) is 8. The molecule has 4 aromatic carbocycles. The van der Waals surface area contributed by atoms with Crippen LogP contribution in [0.1, 0.15) is 50.6 Å². The second-order valence-electron chi connectivity index (χ2n) is 12.4. The Kier molecular flexibility index (Phi) is 7.76. The summed E-state index contributed by atoms with van der Waals surface area (Å²) in [6.07, 6.45) is 1.74. The van der Waals surface area contributed by atoms with Crippen molar-refractivity contribution in [2.24, 2.45) is 23.7 Å². The monoisotopic (exact) mass is 649 g/mol. The highest BCUT2D eigenvalue weighted by Gasteiger charge is 2.64. The summed E-state index contributed by atoms with van der Waals surface area (Å²) < 4.78 is 35.5. The summed E-state index contributed by atoms with van der Waals surface area (Å²) in [5, 5.41) is 0. The van der Waals surface area contributed by atoms with Crippen molar-refractivity contribution in [3.05, 3.63) is 125 Å². The summed E-state index contributed by atoms with van der Waals surface area (Å²) in [5.41, 5.74) is 2.70. The number of anilines is 1. The number of amides is 2. The smallest absolute Gasteiger partial charge is 0.339 e. The summed E-state index contributed by atoms with van der Waals surface area (Å²) in [6, 6.07) is 28.0. The van der Waals surface area contributed by atoms with E-state index in [2.05, 4.69) is 12.1 Å². The maximum absolute atomic E-state index is 13.7. The van der Waals surface area contributed by atoms with Gasteiger partial charge in [0.15, 0.2) is 12.4 Å². The van der Waals surface area contributed by atoms with Crippen LogP contribution < -0.4 is 9.08 Å². The number of carbonyl (C=O) groups excluding carboxylic acids is 4. The summed E-state index contributed by atoms with van der Waals surface area (Å²) in [4.78, 5) is 54.2. The van der Waals surface area contributed by atoms with E-state index in [4.69, 9.17) is 8.92 Å². The molecule has 2 amide bonds. The Morgan fingerprint density at radius 3 is 2.21 bits per heavy atom. The quantitative estimate of drug-likeness (QED) is 0.0975. The van der Waals surface area contributed by atoms with Gasteiger partial charge in [0.05, 0.1) is 23.1 Å². The minimum Gasteiger partial charge on any atom is -0.454 e. The highest BCUT2D eigenvalue weighted by molar-refractivity contribution is 7.87. The lowest BCUT2D eigenvalue weighted by atomic mass is 9.73. The van der Waals surface area contributed by atoms with Crippen LogP contribution in [0.5, 0.6) is 5.75 Å². The van der Waals surface area contributed by atoms with E-state index in [1.807, 2.05) is 25.1 Å². The van der Waals surface area contributed by atoms with Gasteiger partial charge in [0.2, 0.25) is 11.8 Å². The van der Waals surface area contributed by atoms with Crippen molar-refractivity contribution in [3.63, 3.8) is 0 Å². The van der Waals surface area contributed by atoms with Crippen LogP contribution in [0.25, 0.3) is 0 Å². The first-order valence-electron chi connectivity index (χ1n) is 15.4. The molecule has 3 fully saturated rings. The van der Waals surface area contributed by atoms with Gasteiger partial charge in [-0.05, 0) is 97.7 Å². The number of Topliss-reactive ketones (excluding diaryl/α,β-unsaturated/α-hetero) is 1. The van der Waals surface area contributed by atoms with E-state index in [0.29, 0.717) is 5.69 Å². The van der Waals surface area contributed by atoms with Crippen LogP contribution in [-0.4, -0.2) is 38.6 Å². The number of imide groups is 1. The van der Waals surface area contributed by atoms with Gasteiger partial charge in [-0.2, -0.15) is 8.42 Å². The first-order chi connectivity index (χ1) is 22.6. The summed E-state index contributed by atoms with van der Waals surface area (Å²) in [7, 11) is -4.05. The van der Waals surface area contributed by atoms with E-state index in [-0.39, 0.29) is 63.2 Å². The predicted octanol–water partition coefficient (Wildman–Crippen LogP) is 5.73. The van der Waals surface area contributed by atoms with Gasteiger partial charge in [-0.3, -0.25) is 19.3 Å². The summed E-state index contributed by atoms with van der Waals surface area (Å²) in [6.45, 7) is 1.27. The normalized spacial score (nSPS) is 23.1. The molecule has 4 aromatic rings. The lowest BCUT2D eigenvalue weighted by Crippen LogP contribution is -2.33. The van der Waals surface area contributed by atoms with Crippen molar-refractivity contribution < 1.29 is 36.5 Å². The zero-order valence-electron chi connectivity index (χ0n) is 25.4. The molecule has 7 rings (SSSR count). The van der Waals surface area contributed by atoms with Crippen LogP contribution in [0.4, 0.5) is 5.69 Å². The number of hydrogen-bond donors (Lipinski definition) is 0. The van der Waals surface area contributed by atoms with Crippen LogP contribution in [0.3, 0.4) is 0 Å². The molecule has 47 heavy (non-hydrogen) atoms. The van der Waals surface area contributed by atoms with Gasteiger partial charge in [-0.25, -0.2) is 4.79 Å². The Morgan fingerprint density at radius 2 is 1.49 bits per heavy atom. The topological polar surface area (TPSA) is 124 Å². The molecule has 2 bridgehead atoms. The van der Waals surface area contributed by atoms with Gasteiger partial charge in [0, 0.05) is 5.56 Å². The number of nitrogens with zero attached hydrogens (tertiary/aromatic N) is 1. The number of esters is 1. The number of ether oxygens (including phenoxy) is 1. The van der Waals surface area contributed by atoms with Crippen molar-refractivity contribution >= 4 is 39.4 Å². The molecule has 0 radical (unpaired) electrons. The third-order valence-electron chi connectivity index (χ3n) is 9.61. The van der Waals surface area contributed by atoms with Crippen LogP contribution in [0.2, 0.25) is 0 Å².